The van der Waals surface area contributed by atoms with E-state index >= 15 is 0 Å². The molecule has 0 spiro atoms. The summed E-state index contributed by atoms with van der Waals surface area (Å²) in [6.45, 7) is 0. The van der Waals surface area contributed by atoms with Crippen LogP contribution in [0.4, 0.5) is 0 Å². The molecule has 2 aliphatic carbocycles. The number of hydrogen-bond acceptors (Lipinski definition) is 0. The lowest BCUT2D eigenvalue weighted by Crippen LogP contribution is -2.09. The average molecular weight is 208 g/mol. The molecule has 0 atom stereocenters. The van der Waals surface area contributed by atoms with Gasteiger partial charge in [0.25, 0.3) is 0 Å². The lowest BCUT2D eigenvalue weighted by atomic mass is 9.82. The first-order chi connectivity index (χ1) is 7.45. The Labute approximate surface area is 95.8 Å². The van der Waals surface area contributed by atoms with Crippen LogP contribution in [0.3, 0.4) is 0 Å². The summed E-state index contributed by atoms with van der Waals surface area (Å²) < 4.78 is 0. The fraction of sp³-hybridized carbons (Fsp3) is 1.00. The second-order valence-electron chi connectivity index (χ2n) is 5.94. The third kappa shape index (κ3) is 4.17. The molecule has 0 aromatic heterocycles. The third-order valence-electron chi connectivity index (χ3n) is 4.67. The zero-order chi connectivity index (χ0) is 10.3. The maximum atomic E-state index is 1.55. The van der Waals surface area contributed by atoms with Crippen LogP contribution >= 0.6 is 0 Å². The molecule has 0 radical (unpaired) electrons. The zero-order valence-corrected chi connectivity index (χ0v) is 10.3. The summed E-state index contributed by atoms with van der Waals surface area (Å²) in [6.07, 6.45) is 19.9. The van der Waals surface area contributed by atoms with Gasteiger partial charge < -0.3 is 0 Å². The van der Waals surface area contributed by atoms with Crippen LogP contribution in [0.15, 0.2) is 0 Å². The van der Waals surface area contributed by atoms with E-state index in [0.29, 0.717) is 0 Å². The highest BCUT2D eigenvalue weighted by Gasteiger charge is 2.16. The number of hydrogen-bond donors (Lipinski definition) is 0. The highest BCUT2D eigenvalue weighted by molar-refractivity contribution is 4.69. The molecule has 0 unspecified atom stereocenters. The topological polar surface area (TPSA) is 0 Å². The van der Waals surface area contributed by atoms with Gasteiger partial charge >= 0.3 is 0 Å². The minimum absolute atomic E-state index is 1.11. The van der Waals surface area contributed by atoms with Crippen molar-refractivity contribution in [3.8, 4) is 0 Å². The Kier molecular flexibility index (Phi) is 5.02. The zero-order valence-electron chi connectivity index (χ0n) is 10.3. The van der Waals surface area contributed by atoms with Crippen LogP contribution in [0.25, 0.3) is 0 Å². The summed E-state index contributed by atoms with van der Waals surface area (Å²) in [5.41, 5.74) is 0. The molecular weight excluding hydrogens is 180 g/mol. The molecule has 0 aromatic carbocycles. The molecule has 0 aromatic rings. The van der Waals surface area contributed by atoms with E-state index in [4.69, 9.17) is 0 Å². The minimum atomic E-state index is 1.11. The minimum Gasteiger partial charge on any atom is -0.0533 e. The van der Waals surface area contributed by atoms with Crippen LogP contribution in [-0.2, 0) is 0 Å². The Bertz CT molecular complexity index is 131. The molecule has 2 aliphatic rings. The van der Waals surface area contributed by atoms with Crippen molar-refractivity contribution in [2.75, 3.05) is 0 Å². The summed E-state index contributed by atoms with van der Waals surface area (Å²) in [5, 5.41) is 0. The van der Waals surface area contributed by atoms with Gasteiger partial charge in [0.05, 0.1) is 0 Å². The second kappa shape index (κ2) is 6.55. The van der Waals surface area contributed by atoms with Gasteiger partial charge in [0.2, 0.25) is 0 Å². The van der Waals surface area contributed by atoms with Crippen molar-refractivity contribution in [1.82, 2.24) is 0 Å². The first kappa shape index (κ1) is 11.5. The molecule has 0 saturated heterocycles. The summed E-state index contributed by atoms with van der Waals surface area (Å²) in [5.74, 6) is 2.23. The number of rotatable bonds is 4. The Balaban J connectivity index is 1.53. The van der Waals surface area contributed by atoms with Crippen molar-refractivity contribution in [3.05, 3.63) is 0 Å². The van der Waals surface area contributed by atoms with Crippen molar-refractivity contribution in [3.63, 3.8) is 0 Å². The van der Waals surface area contributed by atoms with Crippen molar-refractivity contribution in [1.29, 1.82) is 0 Å². The van der Waals surface area contributed by atoms with Crippen molar-refractivity contribution in [2.45, 2.75) is 83.5 Å². The van der Waals surface area contributed by atoms with Gasteiger partial charge in [0.1, 0.15) is 0 Å². The van der Waals surface area contributed by atoms with Gasteiger partial charge in [0, 0.05) is 0 Å². The molecule has 15 heavy (non-hydrogen) atoms. The fourth-order valence-electron chi connectivity index (χ4n) is 3.65. The van der Waals surface area contributed by atoms with Gasteiger partial charge in [-0.3, -0.25) is 0 Å². The van der Waals surface area contributed by atoms with Crippen LogP contribution in [0.5, 0.6) is 0 Å². The first-order valence-corrected chi connectivity index (χ1v) is 7.45. The largest absolute Gasteiger partial charge is 0.0533 e. The predicted molar refractivity (Wildman–Crippen MR) is 67.0 cm³/mol. The van der Waals surface area contributed by atoms with Gasteiger partial charge in [0.15, 0.2) is 0 Å². The Morgan fingerprint density at radius 3 is 1.33 bits per heavy atom. The van der Waals surface area contributed by atoms with E-state index < -0.39 is 0 Å². The van der Waals surface area contributed by atoms with Gasteiger partial charge in [-0.2, -0.15) is 0 Å². The van der Waals surface area contributed by atoms with Gasteiger partial charge in [-0.25, -0.2) is 0 Å². The maximum absolute atomic E-state index is 1.55. The van der Waals surface area contributed by atoms with Crippen molar-refractivity contribution in [2.24, 2.45) is 11.8 Å². The first-order valence-electron chi connectivity index (χ1n) is 7.45. The molecule has 2 rings (SSSR count). The monoisotopic (exact) mass is 208 g/mol. The van der Waals surface area contributed by atoms with Crippen LogP contribution in [0.1, 0.15) is 83.5 Å². The van der Waals surface area contributed by atoms with E-state index in [1.165, 1.54) is 44.9 Å². The second-order valence-corrected chi connectivity index (χ2v) is 5.94. The molecule has 0 heterocycles. The molecule has 0 bridgehead atoms. The van der Waals surface area contributed by atoms with Crippen molar-refractivity contribution < 1.29 is 0 Å². The van der Waals surface area contributed by atoms with Crippen LogP contribution in [0.2, 0.25) is 0 Å². The SMILES string of the molecule is C1CCC(CCCC2CCCCC2)CC1. The summed E-state index contributed by atoms with van der Waals surface area (Å²) in [7, 11) is 0. The Hall–Kier alpha value is 0. The molecule has 88 valence electrons. The van der Waals surface area contributed by atoms with Gasteiger partial charge in [-0.15, -0.1) is 0 Å². The Morgan fingerprint density at radius 2 is 0.933 bits per heavy atom. The molecule has 0 N–H and O–H groups in total. The molecule has 0 nitrogen and oxygen atoms in total. The molecule has 0 amide bonds. The van der Waals surface area contributed by atoms with E-state index in [0.717, 1.165) is 11.8 Å². The van der Waals surface area contributed by atoms with Crippen LogP contribution in [-0.4, -0.2) is 0 Å². The van der Waals surface area contributed by atoms with E-state index in [1.807, 2.05) is 0 Å². The van der Waals surface area contributed by atoms with Crippen LogP contribution < -0.4 is 0 Å². The third-order valence-corrected chi connectivity index (χ3v) is 4.67. The summed E-state index contributed by atoms with van der Waals surface area (Å²) in [6, 6.07) is 0. The molecule has 2 fully saturated rings. The highest BCUT2D eigenvalue weighted by Crippen LogP contribution is 2.31. The van der Waals surface area contributed by atoms with Gasteiger partial charge in [-0.05, 0) is 11.8 Å². The maximum Gasteiger partial charge on any atom is -0.0414 e. The summed E-state index contributed by atoms with van der Waals surface area (Å²) in [4.78, 5) is 0. The molecule has 0 heteroatoms. The summed E-state index contributed by atoms with van der Waals surface area (Å²) >= 11 is 0. The van der Waals surface area contributed by atoms with Crippen molar-refractivity contribution >= 4 is 0 Å². The van der Waals surface area contributed by atoms with E-state index in [9.17, 15) is 0 Å². The average Bonchev–Trinajstić information content (AvgIpc) is 2.32. The molecule has 0 aliphatic heterocycles. The molecule has 2 saturated carbocycles. The van der Waals surface area contributed by atoms with E-state index in [-0.39, 0.29) is 0 Å². The van der Waals surface area contributed by atoms with E-state index in [1.54, 1.807) is 38.5 Å². The predicted octanol–water partition coefficient (Wildman–Crippen LogP) is 5.32. The van der Waals surface area contributed by atoms with Gasteiger partial charge in [-0.1, -0.05) is 83.5 Å². The lowest BCUT2D eigenvalue weighted by Gasteiger charge is -2.24. The smallest absolute Gasteiger partial charge is 0.0414 e. The highest BCUT2D eigenvalue weighted by atomic mass is 14.2. The Morgan fingerprint density at radius 1 is 0.533 bits per heavy atom. The fourth-order valence-corrected chi connectivity index (χ4v) is 3.65. The normalized spacial score (nSPS) is 25.6. The standard InChI is InChI=1S/C15H28/c1-3-8-14(9-4-1)12-7-13-15-10-5-2-6-11-15/h14-15H,1-13H2. The molecular formula is C15H28. The quantitative estimate of drug-likeness (QED) is 0.586. The van der Waals surface area contributed by atoms with E-state index in [2.05, 4.69) is 0 Å². The lowest BCUT2D eigenvalue weighted by molar-refractivity contribution is 0.291. The van der Waals surface area contributed by atoms with Crippen LogP contribution in [0, 0.1) is 11.8 Å².